The molecule has 6 heteroatoms. The Labute approximate surface area is 147 Å². The number of rotatable bonds is 4. The van der Waals surface area contributed by atoms with Gasteiger partial charge in [0.05, 0.1) is 0 Å². The third kappa shape index (κ3) is 5.55. The SMILES string of the molecule is Cl.Cl.O=C(CC1CCNC1)N1CCC(CN2CCCC2)CC1. The zero-order valence-electron chi connectivity index (χ0n) is 13.5. The molecule has 0 radical (unpaired) electrons. The van der Waals surface area contributed by atoms with Gasteiger partial charge in [-0.05, 0) is 70.1 Å². The van der Waals surface area contributed by atoms with Gasteiger partial charge in [0.1, 0.15) is 0 Å². The first-order valence-electron chi connectivity index (χ1n) is 8.52. The number of nitrogens with zero attached hydrogens (tertiary/aromatic N) is 2. The molecule has 1 unspecified atom stereocenters. The zero-order chi connectivity index (χ0) is 13.8. The normalized spacial score (nSPS) is 26.5. The van der Waals surface area contributed by atoms with Gasteiger partial charge in [-0.3, -0.25) is 4.79 Å². The maximum absolute atomic E-state index is 12.3. The summed E-state index contributed by atoms with van der Waals surface area (Å²) in [5.41, 5.74) is 0. The molecule has 0 saturated carbocycles. The van der Waals surface area contributed by atoms with Gasteiger partial charge in [-0.1, -0.05) is 0 Å². The number of carbonyl (C=O) groups excluding carboxylic acids is 1. The van der Waals surface area contributed by atoms with E-state index in [9.17, 15) is 4.79 Å². The molecule has 1 amide bonds. The average Bonchev–Trinajstić information content (AvgIpc) is 3.13. The van der Waals surface area contributed by atoms with Gasteiger partial charge < -0.3 is 15.1 Å². The third-order valence-electron chi connectivity index (χ3n) is 5.31. The topological polar surface area (TPSA) is 35.6 Å². The number of carbonyl (C=O) groups is 1. The van der Waals surface area contributed by atoms with E-state index in [1.54, 1.807) is 0 Å². The molecular weight excluding hydrogens is 321 g/mol. The molecule has 3 fully saturated rings. The molecule has 0 spiro atoms. The predicted octanol–water partition coefficient (Wildman–Crippen LogP) is 2.16. The molecule has 130 valence electrons. The fourth-order valence-corrected chi connectivity index (χ4v) is 3.96. The van der Waals surface area contributed by atoms with E-state index in [4.69, 9.17) is 0 Å². The minimum Gasteiger partial charge on any atom is -0.343 e. The minimum absolute atomic E-state index is 0. The Bertz CT molecular complexity index is 323. The highest BCUT2D eigenvalue weighted by Gasteiger charge is 2.27. The van der Waals surface area contributed by atoms with Crippen molar-refractivity contribution >= 4 is 30.7 Å². The van der Waals surface area contributed by atoms with Crippen LogP contribution in [0.1, 0.15) is 38.5 Å². The number of hydrogen-bond acceptors (Lipinski definition) is 3. The summed E-state index contributed by atoms with van der Waals surface area (Å²) in [4.78, 5) is 17.0. The molecule has 3 saturated heterocycles. The molecule has 1 N–H and O–H groups in total. The summed E-state index contributed by atoms with van der Waals surface area (Å²) in [5.74, 6) is 1.81. The van der Waals surface area contributed by atoms with Crippen LogP contribution in [0.25, 0.3) is 0 Å². The first-order chi connectivity index (χ1) is 9.81. The first-order valence-corrected chi connectivity index (χ1v) is 8.52. The second kappa shape index (κ2) is 9.96. The summed E-state index contributed by atoms with van der Waals surface area (Å²) < 4.78 is 0. The minimum atomic E-state index is 0. The Kier molecular flexibility index (Phi) is 9.07. The van der Waals surface area contributed by atoms with Crippen molar-refractivity contribution in [3.63, 3.8) is 0 Å². The average molecular weight is 352 g/mol. The largest absolute Gasteiger partial charge is 0.343 e. The second-order valence-electron chi connectivity index (χ2n) is 6.89. The summed E-state index contributed by atoms with van der Waals surface area (Å²) >= 11 is 0. The lowest BCUT2D eigenvalue weighted by Gasteiger charge is -2.34. The summed E-state index contributed by atoms with van der Waals surface area (Å²) in [6.45, 7) is 8.00. The molecule has 3 rings (SSSR count). The van der Waals surface area contributed by atoms with Crippen LogP contribution in [0.4, 0.5) is 0 Å². The van der Waals surface area contributed by atoms with E-state index in [0.29, 0.717) is 11.8 Å². The van der Waals surface area contributed by atoms with Crippen molar-refractivity contribution in [2.24, 2.45) is 11.8 Å². The molecule has 3 heterocycles. The molecule has 22 heavy (non-hydrogen) atoms. The van der Waals surface area contributed by atoms with Gasteiger partial charge >= 0.3 is 0 Å². The second-order valence-corrected chi connectivity index (χ2v) is 6.89. The molecular formula is C16H31Cl2N3O. The summed E-state index contributed by atoms with van der Waals surface area (Å²) in [7, 11) is 0. The van der Waals surface area contributed by atoms with Crippen molar-refractivity contribution in [2.75, 3.05) is 45.8 Å². The number of nitrogens with one attached hydrogen (secondary N) is 1. The number of piperidine rings is 1. The first kappa shape index (κ1) is 20.0. The molecule has 3 aliphatic rings. The van der Waals surface area contributed by atoms with Crippen LogP contribution in [0.15, 0.2) is 0 Å². The van der Waals surface area contributed by atoms with E-state index in [0.717, 1.165) is 38.5 Å². The van der Waals surface area contributed by atoms with Crippen molar-refractivity contribution < 1.29 is 4.79 Å². The number of amides is 1. The Hall–Kier alpha value is -0.0300. The lowest BCUT2D eigenvalue weighted by atomic mass is 9.95. The lowest BCUT2D eigenvalue weighted by Crippen LogP contribution is -2.41. The number of hydrogen-bond donors (Lipinski definition) is 1. The van der Waals surface area contributed by atoms with Gasteiger partial charge in [-0.25, -0.2) is 0 Å². The summed E-state index contributed by atoms with van der Waals surface area (Å²) in [5, 5.41) is 3.35. The highest BCUT2D eigenvalue weighted by Crippen LogP contribution is 2.22. The van der Waals surface area contributed by atoms with Crippen molar-refractivity contribution in [2.45, 2.75) is 38.5 Å². The Morgan fingerprint density at radius 1 is 0.955 bits per heavy atom. The van der Waals surface area contributed by atoms with Gasteiger partial charge in [0.25, 0.3) is 0 Å². The van der Waals surface area contributed by atoms with Gasteiger partial charge in [0.15, 0.2) is 0 Å². The molecule has 0 aromatic heterocycles. The van der Waals surface area contributed by atoms with Gasteiger partial charge in [0.2, 0.25) is 5.91 Å². The molecule has 4 nitrogen and oxygen atoms in total. The summed E-state index contributed by atoms with van der Waals surface area (Å²) in [6, 6.07) is 0. The Balaban J connectivity index is 0.00000121. The maximum atomic E-state index is 12.3. The highest BCUT2D eigenvalue weighted by molar-refractivity contribution is 5.85. The fourth-order valence-electron chi connectivity index (χ4n) is 3.96. The highest BCUT2D eigenvalue weighted by atomic mass is 35.5. The quantitative estimate of drug-likeness (QED) is 0.842. The monoisotopic (exact) mass is 351 g/mol. The molecule has 0 aliphatic carbocycles. The van der Waals surface area contributed by atoms with E-state index < -0.39 is 0 Å². The predicted molar refractivity (Wildman–Crippen MR) is 95.1 cm³/mol. The van der Waals surface area contributed by atoms with Crippen LogP contribution in [0.2, 0.25) is 0 Å². The van der Waals surface area contributed by atoms with E-state index in [1.165, 1.54) is 51.7 Å². The van der Waals surface area contributed by atoms with Crippen LogP contribution in [0, 0.1) is 11.8 Å². The molecule has 3 aliphatic heterocycles. The van der Waals surface area contributed by atoms with E-state index in [1.807, 2.05) is 0 Å². The van der Waals surface area contributed by atoms with Crippen LogP contribution in [0.5, 0.6) is 0 Å². The Morgan fingerprint density at radius 2 is 1.64 bits per heavy atom. The maximum Gasteiger partial charge on any atom is 0.222 e. The van der Waals surface area contributed by atoms with Gasteiger partial charge in [0, 0.05) is 26.1 Å². The van der Waals surface area contributed by atoms with Gasteiger partial charge in [-0.2, -0.15) is 0 Å². The Morgan fingerprint density at radius 3 is 2.23 bits per heavy atom. The smallest absolute Gasteiger partial charge is 0.222 e. The van der Waals surface area contributed by atoms with Gasteiger partial charge in [-0.15, -0.1) is 24.8 Å². The molecule has 1 atom stereocenters. The fraction of sp³-hybridized carbons (Fsp3) is 0.938. The van der Waals surface area contributed by atoms with Crippen LogP contribution < -0.4 is 5.32 Å². The molecule has 0 aromatic carbocycles. The van der Waals surface area contributed by atoms with Crippen molar-refractivity contribution in [1.29, 1.82) is 0 Å². The number of likely N-dealkylation sites (tertiary alicyclic amines) is 2. The molecule has 0 aromatic rings. The van der Waals surface area contributed by atoms with Crippen LogP contribution in [0.3, 0.4) is 0 Å². The zero-order valence-corrected chi connectivity index (χ0v) is 15.1. The summed E-state index contributed by atoms with van der Waals surface area (Å²) in [6.07, 6.45) is 7.14. The standard InChI is InChI=1S/C16H29N3O.2ClH/c20-16(11-15-3-6-17-12-15)19-9-4-14(5-10-19)13-18-7-1-2-8-18;;/h14-15,17H,1-13H2;2*1H. The number of halogens is 2. The van der Waals surface area contributed by atoms with Crippen LogP contribution in [-0.2, 0) is 4.79 Å². The third-order valence-corrected chi connectivity index (χ3v) is 5.31. The van der Waals surface area contributed by atoms with Crippen molar-refractivity contribution in [3.05, 3.63) is 0 Å². The van der Waals surface area contributed by atoms with Crippen molar-refractivity contribution in [3.8, 4) is 0 Å². The lowest BCUT2D eigenvalue weighted by molar-refractivity contribution is -0.133. The van der Waals surface area contributed by atoms with Crippen LogP contribution in [-0.4, -0.2) is 61.5 Å². The van der Waals surface area contributed by atoms with E-state index in [2.05, 4.69) is 15.1 Å². The van der Waals surface area contributed by atoms with Crippen molar-refractivity contribution in [1.82, 2.24) is 15.1 Å². The van der Waals surface area contributed by atoms with E-state index in [-0.39, 0.29) is 24.8 Å². The van der Waals surface area contributed by atoms with Crippen LogP contribution >= 0.6 is 24.8 Å². The van der Waals surface area contributed by atoms with E-state index >= 15 is 0 Å². The molecule has 0 bridgehead atoms.